The molecule has 1 atom stereocenters. The number of rotatable bonds is 7. The van der Waals surface area contributed by atoms with Crippen LogP contribution in [0.15, 0.2) is 42.5 Å². The fourth-order valence-corrected chi connectivity index (χ4v) is 4.02. The van der Waals surface area contributed by atoms with Gasteiger partial charge in [0, 0.05) is 12.6 Å². The lowest BCUT2D eigenvalue weighted by Crippen LogP contribution is -2.50. The molecule has 2 aromatic carbocycles. The average Bonchev–Trinajstić information content (AvgIpc) is 3.22. The molecule has 2 amide bonds. The minimum absolute atomic E-state index is 0.109. The highest BCUT2D eigenvalue weighted by molar-refractivity contribution is 5.88. The average molecular weight is 411 g/mol. The molecule has 1 N–H and O–H groups in total. The molecule has 1 saturated carbocycles. The van der Waals surface area contributed by atoms with Crippen LogP contribution in [0.3, 0.4) is 0 Å². The van der Waals surface area contributed by atoms with Crippen molar-refractivity contribution in [3.05, 3.63) is 70.5 Å². The Kier molecular flexibility index (Phi) is 7.24. The molecule has 1 fully saturated rings. The molecule has 160 valence electrons. The van der Waals surface area contributed by atoms with Gasteiger partial charge >= 0.3 is 0 Å². The predicted molar refractivity (Wildman–Crippen MR) is 116 cm³/mol. The zero-order valence-corrected chi connectivity index (χ0v) is 18.1. The fraction of sp³-hybridized carbons (Fsp3) is 0.440. The van der Waals surface area contributed by atoms with Gasteiger partial charge in [-0.25, -0.2) is 4.39 Å². The summed E-state index contributed by atoms with van der Waals surface area (Å²) in [5.41, 5.74) is 3.91. The van der Waals surface area contributed by atoms with Crippen LogP contribution in [0.4, 0.5) is 4.39 Å². The van der Waals surface area contributed by atoms with E-state index in [0.717, 1.165) is 47.9 Å². The predicted octanol–water partition coefficient (Wildman–Crippen LogP) is 4.46. The molecule has 0 aromatic heterocycles. The number of amides is 2. The number of hydrogen-bond acceptors (Lipinski definition) is 2. The maximum absolute atomic E-state index is 13.3. The van der Waals surface area contributed by atoms with E-state index in [4.69, 9.17) is 0 Å². The summed E-state index contributed by atoms with van der Waals surface area (Å²) in [6.07, 6.45) is 4.48. The molecule has 3 rings (SSSR count). The Morgan fingerprint density at radius 2 is 1.77 bits per heavy atom. The Balaban J connectivity index is 1.79. The summed E-state index contributed by atoms with van der Waals surface area (Å²) in [4.78, 5) is 27.8. The van der Waals surface area contributed by atoms with Gasteiger partial charge in [0.2, 0.25) is 11.8 Å². The number of halogens is 1. The number of benzene rings is 2. The van der Waals surface area contributed by atoms with Crippen molar-refractivity contribution in [3.63, 3.8) is 0 Å². The van der Waals surface area contributed by atoms with Crippen LogP contribution in [0, 0.1) is 19.7 Å². The second-order valence-electron chi connectivity index (χ2n) is 8.42. The lowest BCUT2D eigenvalue weighted by molar-refractivity contribution is -0.140. The number of hydrogen-bond donors (Lipinski definition) is 1. The molecule has 2 aromatic rings. The van der Waals surface area contributed by atoms with Gasteiger partial charge in [-0.1, -0.05) is 48.7 Å². The summed E-state index contributed by atoms with van der Waals surface area (Å²) in [6.45, 7) is 6.03. The summed E-state index contributed by atoms with van der Waals surface area (Å²) in [5.74, 6) is -0.556. The van der Waals surface area contributed by atoms with Crippen LogP contribution in [-0.2, 0) is 22.6 Å². The van der Waals surface area contributed by atoms with Crippen molar-refractivity contribution in [2.75, 3.05) is 0 Å². The first-order valence-corrected chi connectivity index (χ1v) is 10.7. The van der Waals surface area contributed by atoms with Gasteiger partial charge in [-0.05, 0) is 62.4 Å². The van der Waals surface area contributed by atoms with Crippen molar-refractivity contribution in [1.29, 1.82) is 0 Å². The zero-order chi connectivity index (χ0) is 21.7. The number of nitrogens with zero attached hydrogens (tertiary/aromatic N) is 1. The van der Waals surface area contributed by atoms with E-state index in [1.54, 1.807) is 24.0 Å². The quantitative estimate of drug-likeness (QED) is 0.733. The van der Waals surface area contributed by atoms with Gasteiger partial charge in [0.05, 0.1) is 6.42 Å². The second kappa shape index (κ2) is 9.88. The third-order valence-corrected chi connectivity index (χ3v) is 5.98. The Bertz CT molecular complexity index is 889. The molecule has 0 radical (unpaired) electrons. The van der Waals surface area contributed by atoms with E-state index in [1.165, 1.54) is 12.1 Å². The minimum Gasteiger partial charge on any atom is -0.352 e. The molecule has 5 heteroatoms. The van der Waals surface area contributed by atoms with Gasteiger partial charge in [0.25, 0.3) is 0 Å². The first-order valence-electron chi connectivity index (χ1n) is 10.7. The van der Waals surface area contributed by atoms with E-state index < -0.39 is 6.04 Å². The van der Waals surface area contributed by atoms with Gasteiger partial charge in [0.1, 0.15) is 11.9 Å². The van der Waals surface area contributed by atoms with Crippen LogP contribution in [0.25, 0.3) is 0 Å². The highest BCUT2D eigenvalue weighted by atomic mass is 19.1. The maximum Gasteiger partial charge on any atom is 0.242 e. The highest BCUT2D eigenvalue weighted by Gasteiger charge is 2.28. The van der Waals surface area contributed by atoms with Crippen LogP contribution < -0.4 is 5.32 Å². The van der Waals surface area contributed by atoms with Crippen LogP contribution in [-0.4, -0.2) is 28.8 Å². The van der Waals surface area contributed by atoms with E-state index in [9.17, 15) is 14.0 Å². The van der Waals surface area contributed by atoms with E-state index in [0.29, 0.717) is 0 Å². The van der Waals surface area contributed by atoms with Crippen molar-refractivity contribution < 1.29 is 14.0 Å². The minimum atomic E-state index is -0.603. The summed E-state index contributed by atoms with van der Waals surface area (Å²) in [5, 5.41) is 3.10. The summed E-state index contributed by atoms with van der Waals surface area (Å²) < 4.78 is 13.3. The Labute approximate surface area is 178 Å². The van der Waals surface area contributed by atoms with Crippen molar-refractivity contribution in [2.45, 2.75) is 71.5 Å². The summed E-state index contributed by atoms with van der Waals surface area (Å²) in [6, 6.07) is 11.7. The molecule has 4 nitrogen and oxygen atoms in total. The molecule has 0 spiro atoms. The molecule has 0 saturated heterocycles. The molecular weight excluding hydrogens is 379 g/mol. The first-order chi connectivity index (χ1) is 14.3. The largest absolute Gasteiger partial charge is 0.352 e. The molecule has 30 heavy (non-hydrogen) atoms. The Morgan fingerprint density at radius 3 is 2.43 bits per heavy atom. The zero-order valence-electron chi connectivity index (χ0n) is 18.1. The van der Waals surface area contributed by atoms with E-state index in [2.05, 4.69) is 5.32 Å². The van der Waals surface area contributed by atoms with Gasteiger partial charge in [-0.3, -0.25) is 9.59 Å². The van der Waals surface area contributed by atoms with Gasteiger partial charge in [-0.15, -0.1) is 0 Å². The van der Waals surface area contributed by atoms with Crippen LogP contribution >= 0.6 is 0 Å². The molecular formula is C25H31FN2O2. The monoisotopic (exact) mass is 410 g/mol. The maximum atomic E-state index is 13.3. The van der Waals surface area contributed by atoms with Crippen molar-refractivity contribution in [1.82, 2.24) is 10.2 Å². The Morgan fingerprint density at radius 1 is 1.10 bits per heavy atom. The number of carbonyl (C=O) groups is 2. The molecule has 0 heterocycles. The molecule has 0 aliphatic heterocycles. The van der Waals surface area contributed by atoms with E-state index in [1.807, 2.05) is 32.0 Å². The van der Waals surface area contributed by atoms with E-state index >= 15 is 0 Å². The number of carbonyl (C=O) groups excluding carboxylic acids is 2. The molecule has 0 unspecified atom stereocenters. The van der Waals surface area contributed by atoms with Crippen LogP contribution in [0.1, 0.15) is 54.9 Å². The Hall–Kier alpha value is -2.69. The fourth-order valence-electron chi connectivity index (χ4n) is 4.02. The normalized spacial score (nSPS) is 15.1. The van der Waals surface area contributed by atoms with Crippen molar-refractivity contribution >= 4 is 11.8 Å². The SMILES string of the molecule is Cc1ccc(C)c(CC(=O)N(Cc2ccc(F)cc2)[C@@H](C)C(=O)NC2CCCC2)c1. The third kappa shape index (κ3) is 5.68. The lowest BCUT2D eigenvalue weighted by atomic mass is 10.0. The van der Waals surface area contributed by atoms with Crippen molar-refractivity contribution in [3.8, 4) is 0 Å². The number of nitrogens with one attached hydrogen (secondary N) is 1. The summed E-state index contributed by atoms with van der Waals surface area (Å²) in [7, 11) is 0. The van der Waals surface area contributed by atoms with Gasteiger partial charge in [0.15, 0.2) is 0 Å². The number of aryl methyl sites for hydroxylation is 2. The standard InChI is InChI=1S/C25H31FN2O2/c1-17-8-9-18(2)21(14-17)15-24(29)28(16-20-10-12-22(26)13-11-20)19(3)25(30)27-23-6-4-5-7-23/h8-14,19,23H,4-7,15-16H2,1-3H3,(H,27,30)/t19-/m0/s1. The van der Waals surface area contributed by atoms with Gasteiger partial charge < -0.3 is 10.2 Å². The third-order valence-electron chi connectivity index (χ3n) is 5.98. The van der Waals surface area contributed by atoms with Crippen molar-refractivity contribution in [2.24, 2.45) is 0 Å². The van der Waals surface area contributed by atoms with E-state index in [-0.39, 0.29) is 36.6 Å². The molecule has 1 aliphatic carbocycles. The first kappa shape index (κ1) is 22.0. The lowest BCUT2D eigenvalue weighted by Gasteiger charge is -2.30. The smallest absolute Gasteiger partial charge is 0.242 e. The molecule has 1 aliphatic rings. The van der Waals surface area contributed by atoms with Gasteiger partial charge in [-0.2, -0.15) is 0 Å². The topological polar surface area (TPSA) is 49.4 Å². The van der Waals surface area contributed by atoms with Crippen LogP contribution in [0.2, 0.25) is 0 Å². The highest BCUT2D eigenvalue weighted by Crippen LogP contribution is 2.19. The summed E-state index contributed by atoms with van der Waals surface area (Å²) >= 11 is 0. The van der Waals surface area contributed by atoms with Crippen LogP contribution in [0.5, 0.6) is 0 Å². The molecule has 0 bridgehead atoms. The second-order valence-corrected chi connectivity index (χ2v) is 8.42.